The summed E-state index contributed by atoms with van der Waals surface area (Å²) in [5.41, 5.74) is 0.0791. The first-order chi connectivity index (χ1) is 10.4. The number of amides is 3. The molecule has 2 N–H and O–H groups in total. The Hall–Kier alpha value is -2.48. The van der Waals surface area contributed by atoms with Crippen molar-refractivity contribution in [2.24, 2.45) is 0 Å². The zero-order chi connectivity index (χ0) is 16.7. The number of esters is 1. The lowest BCUT2D eigenvalue weighted by molar-refractivity contribution is -0.123. The summed E-state index contributed by atoms with van der Waals surface area (Å²) in [6.07, 6.45) is 0. The molecule has 1 aromatic carbocycles. The lowest BCUT2D eigenvalue weighted by Crippen LogP contribution is -2.39. The number of ether oxygens (including phenoxy) is 3. The largest absolute Gasteiger partial charge is 0.493 e. The van der Waals surface area contributed by atoms with Crippen LogP contribution >= 0.6 is 11.6 Å². The van der Waals surface area contributed by atoms with Crippen LogP contribution in [0.2, 0.25) is 5.02 Å². The van der Waals surface area contributed by atoms with Crippen LogP contribution in [0, 0.1) is 0 Å². The molecule has 9 heteroatoms. The maximum atomic E-state index is 11.9. The van der Waals surface area contributed by atoms with E-state index in [4.69, 9.17) is 25.8 Å². The van der Waals surface area contributed by atoms with Crippen molar-refractivity contribution in [1.82, 2.24) is 10.6 Å². The summed E-state index contributed by atoms with van der Waals surface area (Å²) in [7, 11) is 4.14. The molecule has 120 valence electrons. The molecule has 0 aromatic heterocycles. The van der Waals surface area contributed by atoms with Gasteiger partial charge in [0.05, 0.1) is 24.8 Å². The number of hydrogen-bond donors (Lipinski definition) is 2. The van der Waals surface area contributed by atoms with E-state index in [1.165, 1.54) is 33.4 Å². The van der Waals surface area contributed by atoms with E-state index in [9.17, 15) is 14.4 Å². The van der Waals surface area contributed by atoms with Crippen LogP contribution in [0.5, 0.6) is 11.5 Å². The summed E-state index contributed by atoms with van der Waals surface area (Å²) < 4.78 is 14.9. The number of imide groups is 1. The number of rotatable bonds is 5. The Labute approximate surface area is 131 Å². The van der Waals surface area contributed by atoms with Crippen molar-refractivity contribution in [3.05, 3.63) is 22.7 Å². The third-order valence-corrected chi connectivity index (χ3v) is 2.76. The van der Waals surface area contributed by atoms with Crippen LogP contribution in [0.25, 0.3) is 0 Å². The van der Waals surface area contributed by atoms with Crippen molar-refractivity contribution >= 4 is 29.5 Å². The first-order valence-electron chi connectivity index (χ1n) is 6.03. The molecule has 0 atom stereocenters. The van der Waals surface area contributed by atoms with Crippen LogP contribution in [0.1, 0.15) is 10.4 Å². The average molecular weight is 331 g/mol. The molecule has 0 aliphatic rings. The molecule has 0 aliphatic heterocycles. The first kappa shape index (κ1) is 17.6. The molecule has 0 spiro atoms. The van der Waals surface area contributed by atoms with Crippen LogP contribution in [0.15, 0.2) is 12.1 Å². The molecule has 0 fully saturated rings. The molecule has 0 bridgehead atoms. The SMILES string of the molecule is CNC(=O)NC(=O)COC(=O)c1cc(Cl)c(OC)c(OC)c1. The maximum absolute atomic E-state index is 11.9. The average Bonchev–Trinajstić information content (AvgIpc) is 2.51. The van der Waals surface area contributed by atoms with Crippen LogP contribution in [-0.4, -0.2) is 45.8 Å². The van der Waals surface area contributed by atoms with E-state index in [0.29, 0.717) is 0 Å². The monoisotopic (exact) mass is 330 g/mol. The van der Waals surface area contributed by atoms with E-state index >= 15 is 0 Å². The Bertz CT molecular complexity index is 590. The van der Waals surface area contributed by atoms with Gasteiger partial charge in [-0.1, -0.05) is 11.6 Å². The van der Waals surface area contributed by atoms with Gasteiger partial charge in [-0.05, 0) is 12.1 Å². The van der Waals surface area contributed by atoms with Crippen LogP contribution in [0.4, 0.5) is 4.79 Å². The lowest BCUT2D eigenvalue weighted by Gasteiger charge is -2.11. The highest BCUT2D eigenvalue weighted by atomic mass is 35.5. The minimum absolute atomic E-state index is 0.0791. The van der Waals surface area contributed by atoms with Crippen LogP contribution in [0.3, 0.4) is 0 Å². The van der Waals surface area contributed by atoms with Gasteiger partial charge in [0.2, 0.25) is 0 Å². The van der Waals surface area contributed by atoms with E-state index in [1.54, 1.807) is 0 Å². The summed E-state index contributed by atoms with van der Waals surface area (Å²) in [4.78, 5) is 34.1. The highest BCUT2D eigenvalue weighted by Crippen LogP contribution is 2.36. The summed E-state index contributed by atoms with van der Waals surface area (Å²) in [6.45, 7) is -0.613. The molecule has 1 aromatic rings. The van der Waals surface area contributed by atoms with Gasteiger partial charge in [-0.3, -0.25) is 10.1 Å². The number of hydrogen-bond acceptors (Lipinski definition) is 6. The van der Waals surface area contributed by atoms with Gasteiger partial charge >= 0.3 is 12.0 Å². The fraction of sp³-hybridized carbons (Fsp3) is 0.308. The van der Waals surface area contributed by atoms with Crippen LogP contribution in [-0.2, 0) is 9.53 Å². The summed E-state index contributed by atoms with van der Waals surface area (Å²) in [6, 6.07) is 1.99. The van der Waals surface area contributed by atoms with Gasteiger partial charge in [0, 0.05) is 7.05 Å². The van der Waals surface area contributed by atoms with Crippen molar-refractivity contribution in [3.8, 4) is 11.5 Å². The molecule has 3 amide bonds. The third kappa shape index (κ3) is 4.52. The van der Waals surface area contributed by atoms with Gasteiger partial charge in [-0.15, -0.1) is 0 Å². The van der Waals surface area contributed by atoms with E-state index in [-0.39, 0.29) is 22.1 Å². The lowest BCUT2D eigenvalue weighted by atomic mass is 10.2. The fourth-order valence-electron chi connectivity index (χ4n) is 1.48. The number of nitrogens with one attached hydrogen (secondary N) is 2. The predicted octanol–water partition coefficient (Wildman–Crippen LogP) is 0.970. The topological polar surface area (TPSA) is 103 Å². The fourth-order valence-corrected chi connectivity index (χ4v) is 1.76. The van der Waals surface area contributed by atoms with Crippen molar-refractivity contribution in [1.29, 1.82) is 0 Å². The number of halogens is 1. The second-order valence-corrected chi connectivity index (χ2v) is 4.30. The molecule has 0 radical (unpaired) electrons. The second-order valence-electron chi connectivity index (χ2n) is 3.90. The molecule has 0 saturated heterocycles. The number of carbonyl (C=O) groups is 3. The predicted molar refractivity (Wildman–Crippen MR) is 77.4 cm³/mol. The second kappa shape index (κ2) is 8.08. The quantitative estimate of drug-likeness (QED) is 0.780. The van der Waals surface area contributed by atoms with Gasteiger partial charge in [-0.2, -0.15) is 0 Å². The smallest absolute Gasteiger partial charge is 0.338 e. The Kier molecular flexibility index (Phi) is 6.46. The highest BCUT2D eigenvalue weighted by molar-refractivity contribution is 6.32. The van der Waals surface area contributed by atoms with Crippen molar-refractivity contribution in [2.75, 3.05) is 27.9 Å². The van der Waals surface area contributed by atoms with Crippen LogP contribution < -0.4 is 20.1 Å². The van der Waals surface area contributed by atoms with Gasteiger partial charge < -0.3 is 19.5 Å². The van der Waals surface area contributed by atoms with E-state index in [0.717, 1.165) is 0 Å². The van der Waals surface area contributed by atoms with E-state index in [1.807, 2.05) is 5.32 Å². The van der Waals surface area contributed by atoms with E-state index in [2.05, 4.69) is 5.32 Å². The molecular weight excluding hydrogens is 316 g/mol. The van der Waals surface area contributed by atoms with Gasteiger partial charge in [0.25, 0.3) is 5.91 Å². The highest BCUT2D eigenvalue weighted by Gasteiger charge is 2.17. The molecule has 1 rings (SSSR count). The molecule has 0 heterocycles. The molecule has 0 aliphatic carbocycles. The van der Waals surface area contributed by atoms with Crippen molar-refractivity contribution in [2.45, 2.75) is 0 Å². The molecule has 0 saturated carbocycles. The summed E-state index contributed by atoms with van der Waals surface area (Å²) in [5, 5.41) is 4.30. The Balaban J connectivity index is 2.76. The minimum Gasteiger partial charge on any atom is -0.493 e. The van der Waals surface area contributed by atoms with E-state index < -0.39 is 24.5 Å². The Morgan fingerprint density at radius 3 is 2.41 bits per heavy atom. The van der Waals surface area contributed by atoms with Gasteiger partial charge in [0.15, 0.2) is 18.1 Å². The molecular formula is C13H15ClN2O6. The molecule has 22 heavy (non-hydrogen) atoms. The molecule has 0 unspecified atom stereocenters. The summed E-state index contributed by atoms with van der Waals surface area (Å²) in [5.74, 6) is -1.04. The number of benzene rings is 1. The number of methoxy groups -OCH3 is 2. The van der Waals surface area contributed by atoms with Crippen molar-refractivity contribution < 1.29 is 28.6 Å². The number of urea groups is 1. The van der Waals surface area contributed by atoms with Gasteiger partial charge in [0.1, 0.15) is 0 Å². The Morgan fingerprint density at radius 2 is 1.86 bits per heavy atom. The Morgan fingerprint density at radius 1 is 1.18 bits per heavy atom. The minimum atomic E-state index is -0.796. The zero-order valence-electron chi connectivity index (χ0n) is 12.2. The first-order valence-corrected chi connectivity index (χ1v) is 6.41. The zero-order valence-corrected chi connectivity index (χ0v) is 12.9. The third-order valence-electron chi connectivity index (χ3n) is 2.48. The summed E-state index contributed by atoms with van der Waals surface area (Å²) >= 11 is 5.96. The standard InChI is InChI=1S/C13H15ClN2O6/c1-15-13(19)16-10(17)6-22-12(18)7-4-8(14)11(21-3)9(5-7)20-2/h4-5H,6H2,1-3H3,(H2,15,16,17,19). The van der Waals surface area contributed by atoms with Crippen molar-refractivity contribution in [3.63, 3.8) is 0 Å². The van der Waals surface area contributed by atoms with Gasteiger partial charge in [-0.25, -0.2) is 9.59 Å². The maximum Gasteiger partial charge on any atom is 0.338 e. The normalized spacial score (nSPS) is 9.64. The molecule has 8 nitrogen and oxygen atoms in total. The number of carbonyl (C=O) groups excluding carboxylic acids is 3.